The Labute approximate surface area is 88.1 Å². The van der Waals surface area contributed by atoms with Crippen molar-refractivity contribution in [2.45, 2.75) is 26.9 Å². The van der Waals surface area contributed by atoms with Gasteiger partial charge in [-0.3, -0.25) is 4.79 Å². The number of esters is 1. The van der Waals surface area contributed by atoms with Gasteiger partial charge in [-0.05, 0) is 20.8 Å². The highest BCUT2D eigenvalue weighted by molar-refractivity contribution is 5.98. The Balaban J connectivity index is 2.82. The van der Waals surface area contributed by atoms with Crippen molar-refractivity contribution in [3.8, 4) is 0 Å². The average molecular weight is 213 g/mol. The number of rotatable bonds is 3. The van der Waals surface area contributed by atoms with Crippen LogP contribution in [0.5, 0.6) is 0 Å². The topological polar surface area (TPSA) is 75.6 Å². The molecular weight excluding hydrogens is 198 g/mol. The standard InChI is InChI=1S/C10H15NO4/c1-4-15-10(14)5(2)8-7(6(3)12)9(13)11-8/h6-7,12H,4H2,1-3H3,(H,11,13)/t6-,7-/m1/s1. The summed E-state index contributed by atoms with van der Waals surface area (Å²) >= 11 is 0. The van der Waals surface area contributed by atoms with Crippen LogP contribution in [-0.4, -0.2) is 29.7 Å². The molecule has 1 fully saturated rings. The third kappa shape index (κ3) is 2.18. The summed E-state index contributed by atoms with van der Waals surface area (Å²) in [5.41, 5.74) is 0.816. The maximum Gasteiger partial charge on any atom is 0.335 e. The second-order valence-electron chi connectivity index (χ2n) is 3.47. The molecule has 0 aromatic carbocycles. The molecule has 2 N–H and O–H groups in total. The fourth-order valence-electron chi connectivity index (χ4n) is 1.48. The van der Waals surface area contributed by atoms with Crippen molar-refractivity contribution >= 4 is 11.9 Å². The summed E-state index contributed by atoms with van der Waals surface area (Å²) in [7, 11) is 0. The minimum atomic E-state index is -0.793. The van der Waals surface area contributed by atoms with E-state index in [9.17, 15) is 14.7 Å². The highest BCUT2D eigenvalue weighted by atomic mass is 16.5. The molecule has 2 atom stereocenters. The molecule has 0 saturated carbocycles. The number of amides is 1. The molecule has 0 aromatic rings. The largest absolute Gasteiger partial charge is 0.463 e. The summed E-state index contributed by atoms with van der Waals surface area (Å²) in [6, 6.07) is 0. The van der Waals surface area contributed by atoms with Crippen LogP contribution in [0.1, 0.15) is 20.8 Å². The van der Waals surface area contributed by atoms with Crippen molar-refractivity contribution in [3.05, 3.63) is 11.3 Å². The van der Waals surface area contributed by atoms with E-state index in [-0.39, 0.29) is 12.5 Å². The first-order valence-corrected chi connectivity index (χ1v) is 4.85. The van der Waals surface area contributed by atoms with Crippen LogP contribution in [-0.2, 0) is 14.3 Å². The van der Waals surface area contributed by atoms with E-state index in [1.165, 1.54) is 6.92 Å². The second-order valence-corrected chi connectivity index (χ2v) is 3.47. The second kappa shape index (κ2) is 4.44. The number of aliphatic hydroxyl groups is 1. The van der Waals surface area contributed by atoms with Crippen LogP contribution in [0, 0.1) is 5.92 Å². The van der Waals surface area contributed by atoms with E-state index in [2.05, 4.69) is 5.32 Å². The van der Waals surface area contributed by atoms with Gasteiger partial charge in [0.1, 0.15) is 5.92 Å². The molecule has 5 heteroatoms. The molecule has 0 spiro atoms. The third-order valence-corrected chi connectivity index (χ3v) is 2.32. The Morgan fingerprint density at radius 1 is 1.67 bits per heavy atom. The van der Waals surface area contributed by atoms with Gasteiger partial charge >= 0.3 is 5.97 Å². The number of hydrogen-bond acceptors (Lipinski definition) is 4. The summed E-state index contributed by atoms with van der Waals surface area (Å²) < 4.78 is 4.79. The molecule has 0 radical (unpaired) electrons. The van der Waals surface area contributed by atoms with Crippen LogP contribution in [0.4, 0.5) is 0 Å². The van der Waals surface area contributed by atoms with Gasteiger partial charge in [-0.1, -0.05) is 0 Å². The van der Waals surface area contributed by atoms with Crippen molar-refractivity contribution in [1.82, 2.24) is 5.32 Å². The quantitative estimate of drug-likeness (QED) is 0.391. The highest BCUT2D eigenvalue weighted by Gasteiger charge is 2.40. The van der Waals surface area contributed by atoms with Crippen LogP contribution in [0.3, 0.4) is 0 Å². The summed E-state index contributed by atoms with van der Waals surface area (Å²) in [4.78, 5) is 22.4. The predicted molar refractivity (Wildman–Crippen MR) is 52.6 cm³/mol. The van der Waals surface area contributed by atoms with Gasteiger partial charge in [-0.2, -0.15) is 0 Å². The van der Waals surface area contributed by atoms with Crippen molar-refractivity contribution < 1.29 is 19.4 Å². The molecule has 84 valence electrons. The van der Waals surface area contributed by atoms with E-state index in [4.69, 9.17) is 4.74 Å². The molecule has 0 bridgehead atoms. The van der Waals surface area contributed by atoms with Crippen molar-refractivity contribution in [3.63, 3.8) is 0 Å². The Hall–Kier alpha value is -1.36. The Kier molecular flexibility index (Phi) is 3.47. The molecule has 1 aliphatic heterocycles. The maximum absolute atomic E-state index is 11.3. The zero-order chi connectivity index (χ0) is 11.6. The molecule has 5 nitrogen and oxygen atoms in total. The molecular formula is C10H15NO4. The molecule has 1 aliphatic rings. The summed E-state index contributed by atoms with van der Waals surface area (Å²) in [6.45, 7) is 5.09. The number of carbonyl (C=O) groups excluding carboxylic acids is 2. The Bertz CT molecular complexity index is 319. The van der Waals surface area contributed by atoms with Gasteiger partial charge < -0.3 is 15.2 Å². The number of β-lactam (4-membered cyclic amide) rings is 1. The average Bonchev–Trinajstić information content (AvgIpc) is 2.12. The van der Waals surface area contributed by atoms with Gasteiger partial charge in [-0.25, -0.2) is 4.79 Å². The number of carbonyl (C=O) groups is 2. The number of nitrogens with one attached hydrogen (secondary N) is 1. The minimum Gasteiger partial charge on any atom is -0.463 e. The monoisotopic (exact) mass is 213 g/mol. The van der Waals surface area contributed by atoms with Crippen LogP contribution in [0.2, 0.25) is 0 Å². The number of ether oxygens (including phenoxy) is 1. The van der Waals surface area contributed by atoms with E-state index in [1.54, 1.807) is 13.8 Å². The minimum absolute atomic E-state index is 0.261. The number of hydrogen-bond donors (Lipinski definition) is 2. The first kappa shape index (κ1) is 11.7. The lowest BCUT2D eigenvalue weighted by Crippen LogP contribution is -2.52. The van der Waals surface area contributed by atoms with E-state index < -0.39 is 18.0 Å². The van der Waals surface area contributed by atoms with E-state index in [0.29, 0.717) is 11.3 Å². The predicted octanol–water partition coefficient (Wildman–Crippen LogP) is -0.0497. The molecule has 15 heavy (non-hydrogen) atoms. The fraction of sp³-hybridized carbons (Fsp3) is 0.600. The van der Waals surface area contributed by atoms with Crippen molar-refractivity contribution in [2.75, 3.05) is 6.61 Å². The lowest BCUT2D eigenvalue weighted by atomic mass is 9.88. The number of aliphatic hydroxyl groups excluding tert-OH is 1. The van der Waals surface area contributed by atoms with E-state index in [0.717, 1.165) is 0 Å². The molecule has 1 heterocycles. The normalized spacial score (nSPS) is 25.1. The van der Waals surface area contributed by atoms with Crippen LogP contribution >= 0.6 is 0 Å². The van der Waals surface area contributed by atoms with Crippen LogP contribution in [0.25, 0.3) is 0 Å². The van der Waals surface area contributed by atoms with Gasteiger partial charge in [0.2, 0.25) is 5.91 Å². The first-order chi connectivity index (χ1) is 6.99. The zero-order valence-corrected chi connectivity index (χ0v) is 9.03. The van der Waals surface area contributed by atoms with Gasteiger partial charge in [0, 0.05) is 5.70 Å². The van der Waals surface area contributed by atoms with E-state index >= 15 is 0 Å². The highest BCUT2D eigenvalue weighted by Crippen LogP contribution is 2.26. The molecule has 1 saturated heterocycles. The first-order valence-electron chi connectivity index (χ1n) is 4.85. The Morgan fingerprint density at radius 2 is 2.27 bits per heavy atom. The summed E-state index contributed by atoms with van der Waals surface area (Å²) in [5.74, 6) is -1.34. The Morgan fingerprint density at radius 3 is 2.67 bits per heavy atom. The smallest absolute Gasteiger partial charge is 0.335 e. The van der Waals surface area contributed by atoms with Crippen molar-refractivity contribution in [1.29, 1.82) is 0 Å². The lowest BCUT2D eigenvalue weighted by molar-refractivity contribution is -0.139. The van der Waals surface area contributed by atoms with Gasteiger partial charge in [0.15, 0.2) is 0 Å². The van der Waals surface area contributed by atoms with Gasteiger partial charge in [-0.15, -0.1) is 0 Å². The van der Waals surface area contributed by atoms with Gasteiger partial charge in [0.25, 0.3) is 0 Å². The SMILES string of the molecule is CCOC(=O)C(C)=C1NC(=O)[C@@H]1[C@@H](C)O. The fourth-order valence-corrected chi connectivity index (χ4v) is 1.48. The maximum atomic E-state index is 11.3. The molecule has 0 aromatic heterocycles. The molecule has 0 unspecified atom stereocenters. The molecule has 1 rings (SSSR count). The van der Waals surface area contributed by atoms with Crippen LogP contribution < -0.4 is 5.32 Å². The van der Waals surface area contributed by atoms with Gasteiger partial charge in [0.05, 0.1) is 18.3 Å². The van der Waals surface area contributed by atoms with E-state index in [1.807, 2.05) is 0 Å². The van der Waals surface area contributed by atoms with Crippen molar-refractivity contribution in [2.24, 2.45) is 5.92 Å². The summed E-state index contributed by atoms with van der Waals surface area (Å²) in [6.07, 6.45) is -0.793. The molecule has 0 aliphatic carbocycles. The lowest BCUT2D eigenvalue weighted by Gasteiger charge is -2.33. The summed E-state index contributed by atoms with van der Waals surface area (Å²) in [5, 5.41) is 11.8. The van der Waals surface area contributed by atoms with Crippen LogP contribution in [0.15, 0.2) is 11.3 Å². The molecule has 1 amide bonds. The third-order valence-electron chi connectivity index (χ3n) is 2.32. The zero-order valence-electron chi connectivity index (χ0n) is 9.03.